The van der Waals surface area contributed by atoms with Gasteiger partial charge in [0.2, 0.25) is 0 Å². The van der Waals surface area contributed by atoms with E-state index in [4.69, 9.17) is 0 Å². The Labute approximate surface area is 135 Å². The Balaban J connectivity index is 2.54. The quantitative estimate of drug-likeness (QED) is 0.828. The monoisotopic (exact) mass is 304 g/mol. The smallest absolute Gasteiger partial charge is 0.123 e. The standard InChI is InChI=1S/C19H32N2O/c1-18(2,3)15-12-14(21-10-7-8-20-9-11-21)13-16(17(15)22)19(4,5)6/h12-13,20,22H,7-11H2,1-6H3. The van der Waals surface area contributed by atoms with E-state index in [-0.39, 0.29) is 10.8 Å². The summed E-state index contributed by atoms with van der Waals surface area (Å²) in [5.41, 5.74) is 3.21. The average Bonchev–Trinajstić information content (AvgIpc) is 2.65. The van der Waals surface area contributed by atoms with Gasteiger partial charge in [0, 0.05) is 36.4 Å². The van der Waals surface area contributed by atoms with Crippen LogP contribution in [0, 0.1) is 0 Å². The minimum atomic E-state index is -0.0653. The summed E-state index contributed by atoms with van der Waals surface area (Å²) in [5.74, 6) is 0.469. The van der Waals surface area contributed by atoms with Crippen molar-refractivity contribution in [1.82, 2.24) is 5.32 Å². The Bertz CT molecular complexity index is 480. The number of rotatable bonds is 1. The maximum Gasteiger partial charge on any atom is 0.123 e. The molecule has 0 radical (unpaired) electrons. The molecule has 1 saturated heterocycles. The fraction of sp³-hybridized carbons (Fsp3) is 0.684. The van der Waals surface area contributed by atoms with Crippen LogP contribution < -0.4 is 10.2 Å². The highest BCUT2D eigenvalue weighted by Gasteiger charge is 2.27. The van der Waals surface area contributed by atoms with Crippen molar-refractivity contribution in [3.63, 3.8) is 0 Å². The van der Waals surface area contributed by atoms with E-state index in [9.17, 15) is 5.11 Å². The van der Waals surface area contributed by atoms with Gasteiger partial charge in [-0.05, 0) is 35.9 Å². The summed E-state index contributed by atoms with van der Waals surface area (Å²) in [4.78, 5) is 2.45. The van der Waals surface area contributed by atoms with Crippen LogP contribution in [0.25, 0.3) is 0 Å². The first-order valence-corrected chi connectivity index (χ1v) is 8.44. The van der Waals surface area contributed by atoms with Crippen LogP contribution in [0.5, 0.6) is 5.75 Å². The lowest BCUT2D eigenvalue weighted by Gasteiger charge is -2.31. The van der Waals surface area contributed by atoms with E-state index >= 15 is 0 Å². The molecule has 124 valence electrons. The zero-order valence-corrected chi connectivity index (χ0v) is 15.1. The molecule has 0 saturated carbocycles. The maximum absolute atomic E-state index is 10.8. The molecule has 22 heavy (non-hydrogen) atoms. The van der Waals surface area contributed by atoms with Crippen molar-refractivity contribution in [1.29, 1.82) is 0 Å². The maximum atomic E-state index is 10.8. The van der Waals surface area contributed by atoms with Crippen molar-refractivity contribution in [2.75, 3.05) is 31.1 Å². The van der Waals surface area contributed by atoms with E-state index in [0.717, 1.165) is 43.7 Å². The van der Waals surface area contributed by atoms with Crippen LogP contribution in [0.1, 0.15) is 59.1 Å². The van der Waals surface area contributed by atoms with Gasteiger partial charge in [0.1, 0.15) is 5.75 Å². The molecule has 3 nitrogen and oxygen atoms in total. The molecule has 1 aromatic rings. The Hall–Kier alpha value is -1.22. The summed E-state index contributed by atoms with van der Waals surface area (Å²) >= 11 is 0. The van der Waals surface area contributed by atoms with Crippen molar-refractivity contribution in [2.24, 2.45) is 0 Å². The highest BCUT2D eigenvalue weighted by molar-refractivity contribution is 5.60. The van der Waals surface area contributed by atoms with E-state index in [2.05, 4.69) is 63.9 Å². The van der Waals surface area contributed by atoms with Gasteiger partial charge in [-0.25, -0.2) is 0 Å². The van der Waals surface area contributed by atoms with E-state index in [0.29, 0.717) is 5.75 Å². The highest BCUT2D eigenvalue weighted by atomic mass is 16.3. The number of anilines is 1. The van der Waals surface area contributed by atoms with Gasteiger partial charge in [-0.15, -0.1) is 0 Å². The van der Waals surface area contributed by atoms with E-state index < -0.39 is 0 Å². The molecule has 1 aliphatic rings. The topological polar surface area (TPSA) is 35.5 Å². The molecule has 1 fully saturated rings. The molecule has 1 heterocycles. The van der Waals surface area contributed by atoms with Crippen molar-refractivity contribution >= 4 is 5.69 Å². The zero-order chi connectivity index (χ0) is 16.5. The predicted octanol–water partition coefficient (Wildman–Crippen LogP) is 3.79. The Morgan fingerprint density at radius 1 is 0.909 bits per heavy atom. The molecule has 0 spiro atoms. The first kappa shape index (κ1) is 17.1. The molecule has 0 bridgehead atoms. The van der Waals surface area contributed by atoms with E-state index in [1.54, 1.807) is 0 Å². The van der Waals surface area contributed by atoms with E-state index in [1.165, 1.54) is 5.69 Å². The first-order valence-electron chi connectivity index (χ1n) is 8.44. The number of phenols is 1. The Kier molecular flexibility index (Phi) is 4.76. The van der Waals surface area contributed by atoms with Gasteiger partial charge in [-0.3, -0.25) is 0 Å². The molecule has 2 N–H and O–H groups in total. The number of phenolic OH excluding ortho intramolecular Hbond substituents is 1. The number of nitrogens with zero attached hydrogens (tertiary/aromatic N) is 1. The second-order valence-electron chi connectivity index (χ2n) is 8.48. The third-order valence-electron chi connectivity index (χ3n) is 4.42. The molecule has 0 unspecified atom stereocenters. The Morgan fingerprint density at radius 3 is 1.95 bits per heavy atom. The summed E-state index contributed by atoms with van der Waals surface area (Å²) in [6, 6.07) is 4.38. The second-order valence-corrected chi connectivity index (χ2v) is 8.48. The second kappa shape index (κ2) is 6.11. The number of benzene rings is 1. The normalized spacial score (nSPS) is 17.5. The number of aromatic hydroxyl groups is 1. The van der Waals surface area contributed by atoms with Crippen LogP contribution in [0.2, 0.25) is 0 Å². The molecule has 1 aromatic carbocycles. The van der Waals surface area contributed by atoms with Crippen LogP contribution in [-0.2, 0) is 10.8 Å². The molecule has 1 aliphatic heterocycles. The molecule has 0 atom stereocenters. The minimum absolute atomic E-state index is 0.0653. The van der Waals surface area contributed by atoms with Crippen LogP contribution in [0.3, 0.4) is 0 Å². The zero-order valence-electron chi connectivity index (χ0n) is 15.1. The first-order chi connectivity index (χ1) is 10.1. The van der Waals surface area contributed by atoms with Crippen LogP contribution in [0.4, 0.5) is 5.69 Å². The number of hydrogen-bond donors (Lipinski definition) is 2. The SMILES string of the molecule is CC(C)(C)c1cc(N2CCCNCC2)cc(C(C)(C)C)c1O. The number of hydrogen-bond acceptors (Lipinski definition) is 3. The van der Waals surface area contributed by atoms with Crippen molar-refractivity contribution in [3.8, 4) is 5.75 Å². The summed E-state index contributed by atoms with van der Waals surface area (Å²) in [6.07, 6.45) is 1.16. The van der Waals surface area contributed by atoms with Crippen LogP contribution in [0.15, 0.2) is 12.1 Å². The number of nitrogens with one attached hydrogen (secondary N) is 1. The Morgan fingerprint density at radius 2 is 1.45 bits per heavy atom. The summed E-state index contributed by atoms with van der Waals surface area (Å²) < 4.78 is 0. The van der Waals surface area contributed by atoms with Crippen LogP contribution >= 0.6 is 0 Å². The average molecular weight is 304 g/mol. The third-order valence-corrected chi connectivity index (χ3v) is 4.42. The fourth-order valence-corrected chi connectivity index (χ4v) is 3.05. The van der Waals surface area contributed by atoms with Gasteiger partial charge in [-0.1, -0.05) is 41.5 Å². The molecule has 2 rings (SSSR count). The molecule has 0 aromatic heterocycles. The van der Waals surface area contributed by atoms with E-state index in [1.807, 2.05) is 0 Å². The van der Waals surface area contributed by atoms with Gasteiger partial charge >= 0.3 is 0 Å². The predicted molar refractivity (Wildman–Crippen MR) is 95.2 cm³/mol. The molecule has 0 aliphatic carbocycles. The van der Waals surface area contributed by atoms with Crippen molar-refractivity contribution < 1.29 is 5.11 Å². The van der Waals surface area contributed by atoms with Crippen molar-refractivity contribution in [3.05, 3.63) is 23.3 Å². The van der Waals surface area contributed by atoms with Gasteiger partial charge < -0.3 is 15.3 Å². The lowest BCUT2D eigenvalue weighted by Crippen LogP contribution is -2.29. The fourth-order valence-electron chi connectivity index (χ4n) is 3.05. The third kappa shape index (κ3) is 3.75. The largest absolute Gasteiger partial charge is 0.507 e. The molecule has 3 heteroatoms. The lowest BCUT2D eigenvalue weighted by atomic mass is 9.79. The van der Waals surface area contributed by atoms with Gasteiger partial charge in [0.25, 0.3) is 0 Å². The van der Waals surface area contributed by atoms with Crippen LogP contribution in [-0.4, -0.2) is 31.3 Å². The molecular weight excluding hydrogens is 272 g/mol. The molecular formula is C19H32N2O. The van der Waals surface area contributed by atoms with Gasteiger partial charge in [0.05, 0.1) is 0 Å². The minimum Gasteiger partial charge on any atom is -0.507 e. The summed E-state index contributed by atoms with van der Waals surface area (Å²) in [6.45, 7) is 17.2. The summed E-state index contributed by atoms with van der Waals surface area (Å²) in [7, 11) is 0. The highest BCUT2D eigenvalue weighted by Crippen LogP contribution is 2.41. The summed E-state index contributed by atoms with van der Waals surface area (Å²) in [5, 5.41) is 14.3. The van der Waals surface area contributed by atoms with Gasteiger partial charge in [0.15, 0.2) is 0 Å². The van der Waals surface area contributed by atoms with Crippen molar-refractivity contribution in [2.45, 2.75) is 58.8 Å². The van der Waals surface area contributed by atoms with Gasteiger partial charge in [-0.2, -0.15) is 0 Å². The molecule has 0 amide bonds. The lowest BCUT2D eigenvalue weighted by molar-refractivity contribution is 0.423.